The molecule has 0 spiro atoms. The van der Waals surface area contributed by atoms with Crippen molar-refractivity contribution in [2.24, 2.45) is 5.73 Å². The third-order valence-corrected chi connectivity index (χ3v) is 4.61. The van der Waals surface area contributed by atoms with Gasteiger partial charge in [-0.25, -0.2) is 0 Å². The fourth-order valence-corrected chi connectivity index (χ4v) is 2.71. The van der Waals surface area contributed by atoms with Gasteiger partial charge in [0, 0.05) is 0 Å². The van der Waals surface area contributed by atoms with Gasteiger partial charge in [0.2, 0.25) is 0 Å². The molecule has 0 fully saturated rings. The zero-order valence-corrected chi connectivity index (χ0v) is 16.3. The lowest BCUT2D eigenvalue weighted by Crippen LogP contribution is -2.46. The van der Waals surface area contributed by atoms with Gasteiger partial charge in [-0.1, -0.05) is 76.2 Å². The van der Waals surface area contributed by atoms with Gasteiger partial charge in [0.25, 0.3) is 0 Å². The molecular weight excluding hydrogens is 326 g/mol. The Bertz CT molecular complexity index is 481. The van der Waals surface area contributed by atoms with Gasteiger partial charge in [-0.3, -0.25) is 0 Å². The van der Waals surface area contributed by atoms with Crippen LogP contribution in [0.4, 0.5) is 0 Å². The van der Waals surface area contributed by atoms with Crippen molar-refractivity contribution in [3.05, 3.63) is 35.9 Å². The molecule has 0 unspecified atom stereocenters. The number of aliphatic hydroxyl groups is 2. The van der Waals surface area contributed by atoms with E-state index in [2.05, 4.69) is 6.92 Å². The van der Waals surface area contributed by atoms with Crippen LogP contribution in [0.3, 0.4) is 0 Å². The van der Waals surface area contributed by atoms with E-state index >= 15 is 0 Å². The van der Waals surface area contributed by atoms with E-state index in [1.165, 1.54) is 44.9 Å². The zero-order valence-electron chi connectivity index (χ0n) is 16.3. The molecule has 0 atom stereocenters. The van der Waals surface area contributed by atoms with Crippen LogP contribution < -0.4 is 10.5 Å². The largest absolute Gasteiger partial charge is 0.494 e. The topological polar surface area (TPSA) is 75.7 Å². The molecule has 0 aliphatic rings. The molecule has 0 aliphatic carbocycles. The van der Waals surface area contributed by atoms with Crippen molar-refractivity contribution in [1.82, 2.24) is 0 Å². The Labute approximate surface area is 159 Å². The maximum Gasteiger partial charge on any atom is 0.119 e. The van der Waals surface area contributed by atoms with E-state index in [1.807, 2.05) is 36.4 Å². The number of aliphatic hydroxyl groups excluding tert-OH is 2. The van der Waals surface area contributed by atoms with Crippen LogP contribution in [0.15, 0.2) is 30.3 Å². The van der Waals surface area contributed by atoms with Crippen LogP contribution in [0.2, 0.25) is 0 Å². The van der Waals surface area contributed by atoms with Gasteiger partial charge in [-0.05, 0) is 30.5 Å². The second-order valence-electron chi connectivity index (χ2n) is 7.18. The average molecular weight is 364 g/mol. The first-order valence-electron chi connectivity index (χ1n) is 10.0. The van der Waals surface area contributed by atoms with E-state index in [4.69, 9.17) is 20.7 Å². The predicted molar refractivity (Wildman–Crippen MR) is 109 cm³/mol. The first-order chi connectivity index (χ1) is 12.6. The van der Waals surface area contributed by atoms with E-state index in [0.717, 1.165) is 24.3 Å². The first kappa shape index (κ1) is 22.7. The van der Waals surface area contributed by atoms with Crippen LogP contribution in [-0.2, 0) is 0 Å². The van der Waals surface area contributed by atoms with E-state index < -0.39 is 5.54 Å². The molecule has 0 aliphatic heterocycles. The highest BCUT2D eigenvalue weighted by atomic mass is 16.5. The molecule has 148 valence electrons. The summed E-state index contributed by atoms with van der Waals surface area (Å²) in [5, 5.41) is 18.3. The number of nitrogens with two attached hydrogens (primary N) is 1. The molecule has 0 heterocycles. The van der Waals surface area contributed by atoms with Crippen LogP contribution in [0.5, 0.6) is 5.75 Å². The fourth-order valence-electron chi connectivity index (χ4n) is 2.71. The number of unbranched alkanes of at least 4 members (excludes halogenated alkanes) is 7. The SMILES string of the molecule is CCCCCCCCCCOc1ccc(/C=C/CC(N)(CO)CO)cc1. The molecule has 0 saturated carbocycles. The standard InChI is InChI=1S/C22H37NO3/c1-2-3-4-5-6-7-8-9-17-26-21-14-12-20(13-15-21)11-10-16-22(23,18-24)19-25/h10-15,24-25H,2-9,16-19,23H2,1H3/b11-10+. The van der Waals surface area contributed by atoms with E-state index in [0.29, 0.717) is 6.42 Å². The lowest BCUT2D eigenvalue weighted by molar-refractivity contribution is 0.123. The molecule has 4 N–H and O–H groups in total. The Hall–Kier alpha value is -1.36. The zero-order chi connectivity index (χ0) is 19.1. The second-order valence-corrected chi connectivity index (χ2v) is 7.18. The highest BCUT2D eigenvalue weighted by Gasteiger charge is 2.20. The monoisotopic (exact) mass is 363 g/mol. The Morgan fingerprint density at radius 1 is 0.923 bits per heavy atom. The Morgan fingerprint density at radius 3 is 2.08 bits per heavy atom. The van der Waals surface area contributed by atoms with Gasteiger partial charge in [0.05, 0.1) is 25.4 Å². The maximum absolute atomic E-state index is 9.17. The fraction of sp³-hybridized carbons (Fsp3) is 0.636. The van der Waals surface area contributed by atoms with Gasteiger partial charge in [-0.15, -0.1) is 0 Å². The summed E-state index contributed by atoms with van der Waals surface area (Å²) in [7, 11) is 0. The number of hydrogen-bond acceptors (Lipinski definition) is 4. The molecule has 1 rings (SSSR count). The van der Waals surface area contributed by atoms with Crippen LogP contribution in [0, 0.1) is 0 Å². The molecule has 1 aromatic rings. The van der Waals surface area contributed by atoms with E-state index in [-0.39, 0.29) is 13.2 Å². The molecular formula is C22H37NO3. The van der Waals surface area contributed by atoms with Gasteiger partial charge >= 0.3 is 0 Å². The number of ether oxygens (including phenoxy) is 1. The number of benzene rings is 1. The van der Waals surface area contributed by atoms with Gasteiger partial charge in [0.1, 0.15) is 5.75 Å². The summed E-state index contributed by atoms with van der Waals surface area (Å²) >= 11 is 0. The number of rotatable bonds is 15. The molecule has 0 aromatic heterocycles. The normalized spacial score (nSPS) is 12.0. The average Bonchev–Trinajstić information content (AvgIpc) is 2.67. The summed E-state index contributed by atoms with van der Waals surface area (Å²) < 4.78 is 5.79. The first-order valence-corrected chi connectivity index (χ1v) is 10.0. The summed E-state index contributed by atoms with van der Waals surface area (Å²) in [5.41, 5.74) is 5.93. The second kappa shape index (κ2) is 13.8. The summed E-state index contributed by atoms with van der Waals surface area (Å²) in [6.45, 7) is 2.55. The molecule has 0 amide bonds. The molecule has 0 radical (unpaired) electrons. The Morgan fingerprint density at radius 2 is 1.50 bits per heavy atom. The highest BCUT2D eigenvalue weighted by Crippen LogP contribution is 2.15. The highest BCUT2D eigenvalue weighted by molar-refractivity contribution is 5.50. The summed E-state index contributed by atoms with van der Waals surface area (Å²) in [5.74, 6) is 0.893. The number of hydrogen-bond donors (Lipinski definition) is 3. The van der Waals surface area contributed by atoms with Crippen molar-refractivity contribution in [2.45, 2.75) is 70.3 Å². The lowest BCUT2D eigenvalue weighted by atomic mass is 9.98. The summed E-state index contributed by atoms with van der Waals surface area (Å²) in [6.07, 6.45) is 14.7. The molecule has 4 heteroatoms. The quantitative estimate of drug-likeness (QED) is 0.406. The third-order valence-electron chi connectivity index (χ3n) is 4.61. The van der Waals surface area contributed by atoms with Gasteiger partial charge < -0.3 is 20.7 Å². The van der Waals surface area contributed by atoms with Crippen molar-refractivity contribution >= 4 is 6.08 Å². The lowest BCUT2D eigenvalue weighted by Gasteiger charge is -2.22. The smallest absolute Gasteiger partial charge is 0.119 e. The summed E-state index contributed by atoms with van der Waals surface area (Å²) in [4.78, 5) is 0. The molecule has 1 aromatic carbocycles. The van der Waals surface area contributed by atoms with Crippen LogP contribution in [0.1, 0.15) is 70.3 Å². The minimum Gasteiger partial charge on any atom is -0.494 e. The van der Waals surface area contributed by atoms with Crippen molar-refractivity contribution in [3.8, 4) is 5.75 Å². The molecule has 26 heavy (non-hydrogen) atoms. The predicted octanol–water partition coefficient (Wildman–Crippen LogP) is 4.29. The molecule has 0 saturated heterocycles. The van der Waals surface area contributed by atoms with Crippen molar-refractivity contribution < 1.29 is 14.9 Å². The Balaban J connectivity index is 2.18. The molecule has 0 bridgehead atoms. The van der Waals surface area contributed by atoms with Crippen LogP contribution in [0.25, 0.3) is 6.08 Å². The van der Waals surface area contributed by atoms with Gasteiger partial charge in [-0.2, -0.15) is 0 Å². The van der Waals surface area contributed by atoms with E-state index in [1.54, 1.807) is 0 Å². The van der Waals surface area contributed by atoms with Gasteiger partial charge in [0.15, 0.2) is 0 Å². The van der Waals surface area contributed by atoms with E-state index in [9.17, 15) is 0 Å². The minimum absolute atomic E-state index is 0.237. The minimum atomic E-state index is -0.949. The third kappa shape index (κ3) is 9.95. The van der Waals surface area contributed by atoms with Crippen molar-refractivity contribution in [1.29, 1.82) is 0 Å². The molecule has 4 nitrogen and oxygen atoms in total. The van der Waals surface area contributed by atoms with Crippen LogP contribution >= 0.6 is 0 Å². The van der Waals surface area contributed by atoms with Crippen molar-refractivity contribution in [2.75, 3.05) is 19.8 Å². The van der Waals surface area contributed by atoms with Crippen molar-refractivity contribution in [3.63, 3.8) is 0 Å². The summed E-state index contributed by atoms with van der Waals surface area (Å²) in [6, 6.07) is 7.93. The Kier molecular flexibility index (Phi) is 12.0. The van der Waals surface area contributed by atoms with Crippen LogP contribution in [-0.4, -0.2) is 35.6 Å². The maximum atomic E-state index is 9.17.